The van der Waals surface area contributed by atoms with E-state index in [4.69, 9.17) is 5.11 Å². The minimum atomic E-state index is -0.643. The zero-order chi connectivity index (χ0) is 12.3. The Morgan fingerprint density at radius 2 is 2.47 bits per heavy atom. The lowest BCUT2D eigenvalue weighted by Gasteiger charge is -2.15. The fourth-order valence-corrected chi connectivity index (χ4v) is 2.57. The van der Waals surface area contributed by atoms with Gasteiger partial charge >= 0.3 is 5.97 Å². The maximum absolute atomic E-state index is 11.0. The summed E-state index contributed by atoms with van der Waals surface area (Å²) < 4.78 is 1.77. The number of aliphatic carboxylic acids is 1. The zero-order valence-corrected chi connectivity index (χ0v) is 10.1. The van der Waals surface area contributed by atoms with Gasteiger partial charge in [0.05, 0.1) is 12.1 Å². The van der Waals surface area contributed by atoms with Crippen molar-refractivity contribution in [2.75, 3.05) is 6.54 Å². The van der Waals surface area contributed by atoms with Crippen LogP contribution in [0.25, 0.3) is 0 Å². The minimum absolute atomic E-state index is 0.156. The van der Waals surface area contributed by atoms with E-state index in [0.717, 1.165) is 37.9 Å². The normalized spacial score (nSPS) is 24.1. The Hall–Kier alpha value is -1.36. The van der Waals surface area contributed by atoms with E-state index >= 15 is 0 Å². The van der Waals surface area contributed by atoms with E-state index < -0.39 is 5.97 Å². The van der Waals surface area contributed by atoms with Crippen LogP contribution in [-0.2, 0) is 18.4 Å². The van der Waals surface area contributed by atoms with Gasteiger partial charge in [0.25, 0.3) is 0 Å². The molecule has 1 aliphatic carbocycles. The quantitative estimate of drug-likeness (QED) is 0.802. The lowest BCUT2D eigenvalue weighted by molar-refractivity contribution is -0.142. The molecule has 5 heteroatoms. The average Bonchev–Trinajstić information content (AvgIpc) is 2.87. The van der Waals surface area contributed by atoms with Crippen molar-refractivity contribution in [2.45, 2.75) is 25.8 Å². The number of nitrogens with one attached hydrogen (secondary N) is 1. The molecule has 5 nitrogen and oxygen atoms in total. The van der Waals surface area contributed by atoms with Crippen molar-refractivity contribution in [1.29, 1.82) is 0 Å². The third-order valence-corrected chi connectivity index (χ3v) is 3.47. The van der Waals surface area contributed by atoms with Gasteiger partial charge in [-0.15, -0.1) is 0 Å². The predicted molar refractivity (Wildman–Crippen MR) is 63.4 cm³/mol. The monoisotopic (exact) mass is 237 g/mol. The summed E-state index contributed by atoms with van der Waals surface area (Å²) in [6, 6.07) is 0. The number of nitrogens with zero attached hydrogens (tertiary/aromatic N) is 2. The first kappa shape index (κ1) is 12.1. The summed E-state index contributed by atoms with van der Waals surface area (Å²) in [7, 11) is 1.89. The van der Waals surface area contributed by atoms with Gasteiger partial charge < -0.3 is 10.4 Å². The van der Waals surface area contributed by atoms with Crippen molar-refractivity contribution in [3.05, 3.63) is 18.0 Å². The van der Waals surface area contributed by atoms with E-state index in [9.17, 15) is 4.79 Å². The third kappa shape index (κ3) is 3.06. The lowest BCUT2D eigenvalue weighted by atomic mass is 9.96. The van der Waals surface area contributed by atoms with Crippen LogP contribution in [-0.4, -0.2) is 27.4 Å². The molecule has 0 radical (unpaired) electrons. The molecule has 17 heavy (non-hydrogen) atoms. The molecule has 0 saturated heterocycles. The fraction of sp³-hybridized carbons (Fsp3) is 0.667. The Labute approximate surface area is 101 Å². The maximum atomic E-state index is 11.0. The van der Waals surface area contributed by atoms with Crippen molar-refractivity contribution in [3.8, 4) is 0 Å². The van der Waals surface area contributed by atoms with Gasteiger partial charge in [-0.3, -0.25) is 9.48 Å². The minimum Gasteiger partial charge on any atom is -0.481 e. The van der Waals surface area contributed by atoms with Crippen molar-refractivity contribution >= 4 is 5.97 Å². The van der Waals surface area contributed by atoms with Crippen molar-refractivity contribution in [1.82, 2.24) is 15.1 Å². The lowest BCUT2D eigenvalue weighted by Crippen LogP contribution is -2.28. The number of rotatable bonds is 5. The molecule has 1 aliphatic rings. The fourth-order valence-electron chi connectivity index (χ4n) is 2.57. The molecule has 1 saturated carbocycles. The van der Waals surface area contributed by atoms with E-state index in [0.29, 0.717) is 0 Å². The van der Waals surface area contributed by atoms with Gasteiger partial charge in [-0.25, -0.2) is 0 Å². The van der Waals surface area contributed by atoms with Gasteiger partial charge in [0.15, 0.2) is 0 Å². The Morgan fingerprint density at radius 1 is 1.65 bits per heavy atom. The van der Waals surface area contributed by atoms with Crippen molar-refractivity contribution < 1.29 is 9.90 Å². The number of aryl methyl sites for hydroxylation is 1. The number of aromatic nitrogens is 2. The van der Waals surface area contributed by atoms with Gasteiger partial charge in [-0.2, -0.15) is 5.10 Å². The molecule has 1 fully saturated rings. The molecule has 94 valence electrons. The van der Waals surface area contributed by atoms with Crippen LogP contribution in [0.1, 0.15) is 24.8 Å². The number of carboxylic acids is 1. The maximum Gasteiger partial charge on any atom is 0.306 e. The average molecular weight is 237 g/mol. The van der Waals surface area contributed by atoms with Crippen molar-refractivity contribution in [2.24, 2.45) is 18.9 Å². The summed E-state index contributed by atoms with van der Waals surface area (Å²) >= 11 is 0. The van der Waals surface area contributed by atoms with E-state index in [-0.39, 0.29) is 11.8 Å². The highest BCUT2D eigenvalue weighted by atomic mass is 16.4. The molecule has 0 aromatic carbocycles. The topological polar surface area (TPSA) is 67.2 Å². The van der Waals surface area contributed by atoms with Crippen molar-refractivity contribution in [3.63, 3.8) is 0 Å². The third-order valence-electron chi connectivity index (χ3n) is 3.47. The summed E-state index contributed by atoms with van der Waals surface area (Å²) in [4.78, 5) is 11.0. The molecule has 0 spiro atoms. The largest absolute Gasteiger partial charge is 0.481 e. The van der Waals surface area contributed by atoms with Crippen LogP contribution < -0.4 is 5.32 Å². The van der Waals surface area contributed by atoms with Gasteiger partial charge in [0.1, 0.15) is 0 Å². The number of carbonyl (C=O) groups is 1. The SMILES string of the molecule is Cn1cc(CNCC2CCCC2C(=O)O)cn1. The molecule has 2 atom stereocenters. The summed E-state index contributed by atoms with van der Waals surface area (Å²) in [5, 5.41) is 16.5. The first-order chi connectivity index (χ1) is 8.16. The molecule has 2 rings (SSSR count). The van der Waals surface area contributed by atoms with E-state index in [2.05, 4.69) is 10.4 Å². The number of hydrogen-bond acceptors (Lipinski definition) is 3. The van der Waals surface area contributed by atoms with Crippen LogP contribution in [0.5, 0.6) is 0 Å². The van der Waals surface area contributed by atoms with Crippen LogP contribution in [0.15, 0.2) is 12.4 Å². The molecular weight excluding hydrogens is 218 g/mol. The summed E-state index contributed by atoms with van der Waals surface area (Å²) in [6.45, 7) is 1.54. The van der Waals surface area contributed by atoms with Gasteiger partial charge in [-0.1, -0.05) is 6.42 Å². The highest BCUT2D eigenvalue weighted by Crippen LogP contribution is 2.31. The molecule has 2 unspecified atom stereocenters. The zero-order valence-electron chi connectivity index (χ0n) is 10.1. The Balaban J connectivity index is 1.76. The summed E-state index contributed by atoms with van der Waals surface area (Å²) in [5.41, 5.74) is 1.14. The molecule has 1 aromatic heterocycles. The number of hydrogen-bond donors (Lipinski definition) is 2. The predicted octanol–water partition coefficient (Wildman–Crippen LogP) is 1.01. The number of carboxylic acid groups (broad SMARTS) is 1. The van der Waals surface area contributed by atoms with Gasteiger partial charge in [0.2, 0.25) is 0 Å². The first-order valence-corrected chi connectivity index (χ1v) is 6.08. The Morgan fingerprint density at radius 3 is 3.12 bits per heavy atom. The molecule has 2 N–H and O–H groups in total. The smallest absolute Gasteiger partial charge is 0.306 e. The standard InChI is InChI=1S/C12H19N3O2/c1-15-8-9(6-14-15)5-13-7-10-3-2-4-11(10)12(16)17/h6,8,10-11,13H,2-5,7H2,1H3,(H,16,17). The summed E-state index contributed by atoms with van der Waals surface area (Å²) in [5.74, 6) is -0.517. The first-order valence-electron chi connectivity index (χ1n) is 6.08. The van der Waals surface area contributed by atoms with E-state index in [1.165, 1.54) is 0 Å². The van der Waals surface area contributed by atoms with Crippen LogP contribution in [0, 0.1) is 11.8 Å². The second-order valence-electron chi connectivity index (χ2n) is 4.79. The molecule has 0 bridgehead atoms. The van der Waals surface area contributed by atoms with E-state index in [1.54, 1.807) is 4.68 Å². The van der Waals surface area contributed by atoms with Crippen LogP contribution in [0.2, 0.25) is 0 Å². The molecular formula is C12H19N3O2. The molecule has 1 aromatic rings. The second-order valence-corrected chi connectivity index (χ2v) is 4.79. The van der Waals surface area contributed by atoms with Crippen LogP contribution in [0.3, 0.4) is 0 Å². The van der Waals surface area contributed by atoms with Gasteiger partial charge in [0, 0.05) is 25.4 Å². The van der Waals surface area contributed by atoms with Gasteiger partial charge in [-0.05, 0) is 25.3 Å². The summed E-state index contributed by atoms with van der Waals surface area (Å²) in [6.07, 6.45) is 6.69. The Kier molecular flexibility index (Phi) is 3.78. The van der Waals surface area contributed by atoms with Crippen LogP contribution >= 0.6 is 0 Å². The second kappa shape index (κ2) is 5.31. The molecule has 0 aliphatic heterocycles. The Bertz CT molecular complexity index is 389. The molecule has 0 amide bonds. The molecule has 1 heterocycles. The van der Waals surface area contributed by atoms with E-state index in [1.807, 2.05) is 19.4 Å². The highest BCUT2D eigenvalue weighted by molar-refractivity contribution is 5.70. The highest BCUT2D eigenvalue weighted by Gasteiger charge is 2.32. The van der Waals surface area contributed by atoms with Crippen LogP contribution in [0.4, 0.5) is 0 Å².